The van der Waals surface area contributed by atoms with E-state index in [0.717, 1.165) is 38.4 Å². The van der Waals surface area contributed by atoms with Gasteiger partial charge in [-0.2, -0.15) is 4.39 Å². The van der Waals surface area contributed by atoms with Gasteiger partial charge in [0.25, 0.3) is 0 Å². The number of ether oxygens (including phenoxy) is 1. The summed E-state index contributed by atoms with van der Waals surface area (Å²) in [6, 6.07) is 4.02. The normalized spacial score (nSPS) is 21.5. The molecule has 1 aliphatic heterocycles. The smallest absolute Gasteiger partial charge is 0.200 e. The summed E-state index contributed by atoms with van der Waals surface area (Å²) in [6.07, 6.45) is 2.69. The molecule has 0 radical (unpaired) electrons. The fourth-order valence-corrected chi connectivity index (χ4v) is 1.86. The Balaban J connectivity index is 2.04. The zero-order valence-electron chi connectivity index (χ0n) is 9.01. The number of hydrogen-bond donors (Lipinski definition) is 1. The monoisotopic (exact) mass is 227 g/mol. The molecule has 0 aliphatic carbocycles. The number of rotatable bonds is 2. The van der Waals surface area contributed by atoms with Crippen molar-refractivity contribution >= 4 is 0 Å². The Morgan fingerprint density at radius 3 is 2.94 bits per heavy atom. The van der Waals surface area contributed by atoms with Crippen LogP contribution >= 0.6 is 0 Å². The van der Waals surface area contributed by atoms with Gasteiger partial charge < -0.3 is 10.1 Å². The molecule has 1 aromatic carbocycles. The Bertz CT molecular complexity index is 349. The van der Waals surface area contributed by atoms with Gasteiger partial charge in [-0.05, 0) is 44.5 Å². The molecule has 2 nitrogen and oxygen atoms in total. The van der Waals surface area contributed by atoms with E-state index in [4.69, 9.17) is 4.74 Å². The van der Waals surface area contributed by atoms with Crippen molar-refractivity contribution < 1.29 is 13.5 Å². The van der Waals surface area contributed by atoms with Crippen LogP contribution in [0.25, 0.3) is 0 Å². The molecule has 1 atom stereocenters. The van der Waals surface area contributed by atoms with Crippen LogP contribution in [-0.4, -0.2) is 19.2 Å². The standard InChI is InChI=1S/C12H15F2NO/c13-10-4-1-5-11(12(10)14)16-9-3-2-7-15-8-6-9/h1,4-5,9,15H,2-3,6-8H2. The predicted molar refractivity (Wildman–Crippen MR) is 57.5 cm³/mol. The van der Waals surface area contributed by atoms with Gasteiger partial charge in [0.1, 0.15) is 6.10 Å². The third kappa shape index (κ3) is 2.70. The zero-order chi connectivity index (χ0) is 11.4. The number of hydrogen-bond acceptors (Lipinski definition) is 2. The van der Waals surface area contributed by atoms with Crippen LogP contribution in [0.4, 0.5) is 8.78 Å². The van der Waals surface area contributed by atoms with E-state index in [9.17, 15) is 8.78 Å². The molecule has 1 N–H and O–H groups in total. The van der Waals surface area contributed by atoms with E-state index in [1.165, 1.54) is 12.1 Å². The molecule has 1 heterocycles. The van der Waals surface area contributed by atoms with Gasteiger partial charge in [-0.25, -0.2) is 4.39 Å². The first-order chi connectivity index (χ1) is 7.77. The minimum atomic E-state index is -0.889. The van der Waals surface area contributed by atoms with Crippen LogP contribution in [0, 0.1) is 11.6 Å². The van der Waals surface area contributed by atoms with Gasteiger partial charge in [0.15, 0.2) is 11.6 Å². The van der Waals surface area contributed by atoms with E-state index < -0.39 is 11.6 Å². The molecule has 0 bridgehead atoms. The lowest BCUT2D eigenvalue weighted by molar-refractivity contribution is 0.177. The van der Waals surface area contributed by atoms with Gasteiger partial charge in [0.05, 0.1) is 0 Å². The largest absolute Gasteiger partial charge is 0.487 e. The van der Waals surface area contributed by atoms with Gasteiger partial charge in [-0.3, -0.25) is 0 Å². The van der Waals surface area contributed by atoms with Gasteiger partial charge in [-0.1, -0.05) is 6.07 Å². The summed E-state index contributed by atoms with van der Waals surface area (Å²) in [4.78, 5) is 0. The SMILES string of the molecule is Fc1cccc(OC2CCCNCC2)c1F. The Labute approximate surface area is 93.6 Å². The average molecular weight is 227 g/mol. The topological polar surface area (TPSA) is 21.3 Å². The van der Waals surface area contributed by atoms with Crippen LogP contribution in [0.1, 0.15) is 19.3 Å². The summed E-state index contributed by atoms with van der Waals surface area (Å²) in [5.74, 6) is -1.73. The molecule has 16 heavy (non-hydrogen) atoms. The molecular weight excluding hydrogens is 212 g/mol. The molecule has 0 amide bonds. The van der Waals surface area contributed by atoms with E-state index in [2.05, 4.69) is 5.32 Å². The molecule has 4 heteroatoms. The summed E-state index contributed by atoms with van der Waals surface area (Å²) < 4.78 is 31.8. The minimum Gasteiger partial charge on any atom is -0.487 e. The summed E-state index contributed by atoms with van der Waals surface area (Å²) in [7, 11) is 0. The quantitative estimate of drug-likeness (QED) is 0.838. The Morgan fingerprint density at radius 2 is 2.06 bits per heavy atom. The first kappa shape index (κ1) is 11.3. The second-order valence-corrected chi connectivity index (χ2v) is 3.97. The highest BCUT2D eigenvalue weighted by atomic mass is 19.2. The molecule has 0 spiro atoms. The van der Waals surface area contributed by atoms with Crippen molar-refractivity contribution in [3.63, 3.8) is 0 Å². The Morgan fingerprint density at radius 1 is 1.19 bits per heavy atom. The lowest BCUT2D eigenvalue weighted by atomic mass is 10.1. The lowest BCUT2D eigenvalue weighted by Gasteiger charge is -2.17. The fourth-order valence-electron chi connectivity index (χ4n) is 1.86. The van der Waals surface area contributed by atoms with Crippen molar-refractivity contribution in [1.82, 2.24) is 5.32 Å². The molecule has 0 aromatic heterocycles. The fraction of sp³-hybridized carbons (Fsp3) is 0.500. The molecular formula is C12H15F2NO. The van der Waals surface area contributed by atoms with Crippen LogP contribution in [0.15, 0.2) is 18.2 Å². The van der Waals surface area contributed by atoms with Crippen molar-refractivity contribution in [2.75, 3.05) is 13.1 Å². The maximum Gasteiger partial charge on any atom is 0.200 e. The number of benzene rings is 1. The number of halogens is 2. The van der Waals surface area contributed by atoms with Crippen LogP contribution in [0.2, 0.25) is 0 Å². The van der Waals surface area contributed by atoms with E-state index in [1.54, 1.807) is 0 Å². The Kier molecular flexibility index (Phi) is 3.72. The molecule has 2 rings (SSSR count). The highest BCUT2D eigenvalue weighted by Crippen LogP contribution is 2.22. The molecule has 1 saturated heterocycles. The average Bonchev–Trinajstić information content (AvgIpc) is 2.53. The van der Waals surface area contributed by atoms with Crippen molar-refractivity contribution in [3.8, 4) is 5.75 Å². The summed E-state index contributed by atoms with van der Waals surface area (Å²) in [6.45, 7) is 1.83. The Hall–Kier alpha value is -1.16. The highest BCUT2D eigenvalue weighted by molar-refractivity contribution is 5.25. The number of nitrogens with one attached hydrogen (secondary N) is 1. The first-order valence-electron chi connectivity index (χ1n) is 5.59. The third-order valence-corrected chi connectivity index (χ3v) is 2.73. The van der Waals surface area contributed by atoms with E-state index in [0.29, 0.717) is 0 Å². The van der Waals surface area contributed by atoms with Crippen LogP contribution in [0.5, 0.6) is 5.75 Å². The lowest BCUT2D eigenvalue weighted by Crippen LogP contribution is -2.19. The van der Waals surface area contributed by atoms with Crippen molar-refractivity contribution in [2.45, 2.75) is 25.4 Å². The van der Waals surface area contributed by atoms with Gasteiger partial charge in [0.2, 0.25) is 5.82 Å². The first-order valence-corrected chi connectivity index (χ1v) is 5.59. The van der Waals surface area contributed by atoms with Crippen molar-refractivity contribution in [1.29, 1.82) is 0 Å². The molecule has 1 unspecified atom stereocenters. The zero-order valence-corrected chi connectivity index (χ0v) is 9.01. The van der Waals surface area contributed by atoms with Gasteiger partial charge in [0, 0.05) is 0 Å². The molecule has 1 aliphatic rings. The van der Waals surface area contributed by atoms with Crippen molar-refractivity contribution in [2.24, 2.45) is 0 Å². The summed E-state index contributed by atoms with van der Waals surface area (Å²) >= 11 is 0. The molecule has 0 saturated carbocycles. The molecule has 88 valence electrons. The van der Waals surface area contributed by atoms with Crippen LogP contribution in [0.3, 0.4) is 0 Å². The predicted octanol–water partition coefficient (Wildman–Crippen LogP) is 2.49. The van der Waals surface area contributed by atoms with Gasteiger partial charge >= 0.3 is 0 Å². The van der Waals surface area contributed by atoms with Crippen LogP contribution < -0.4 is 10.1 Å². The van der Waals surface area contributed by atoms with E-state index in [-0.39, 0.29) is 11.9 Å². The summed E-state index contributed by atoms with van der Waals surface area (Å²) in [5.41, 5.74) is 0. The summed E-state index contributed by atoms with van der Waals surface area (Å²) in [5, 5.41) is 3.24. The van der Waals surface area contributed by atoms with Crippen molar-refractivity contribution in [3.05, 3.63) is 29.8 Å². The third-order valence-electron chi connectivity index (χ3n) is 2.73. The highest BCUT2D eigenvalue weighted by Gasteiger charge is 2.16. The molecule has 1 aromatic rings. The second-order valence-electron chi connectivity index (χ2n) is 3.97. The van der Waals surface area contributed by atoms with Crippen LogP contribution in [-0.2, 0) is 0 Å². The van der Waals surface area contributed by atoms with E-state index >= 15 is 0 Å². The maximum absolute atomic E-state index is 13.3. The second kappa shape index (κ2) is 5.25. The molecule has 1 fully saturated rings. The maximum atomic E-state index is 13.3. The van der Waals surface area contributed by atoms with Gasteiger partial charge in [-0.15, -0.1) is 0 Å². The minimum absolute atomic E-state index is 0.0203. The van der Waals surface area contributed by atoms with E-state index in [1.807, 2.05) is 0 Å².